The molecule has 1 aliphatic carbocycles. The largest absolute Gasteiger partial charge is 0.471 e. The van der Waals surface area contributed by atoms with Gasteiger partial charge >= 0.3 is 0 Å². The van der Waals surface area contributed by atoms with Gasteiger partial charge in [-0.15, -0.1) is 5.10 Å². The van der Waals surface area contributed by atoms with Crippen molar-refractivity contribution in [1.82, 2.24) is 20.3 Å². The number of primary amides is 1. The summed E-state index contributed by atoms with van der Waals surface area (Å²) in [4.78, 5) is 12.9. The summed E-state index contributed by atoms with van der Waals surface area (Å²) < 4.78 is 42.8. The Morgan fingerprint density at radius 3 is 2.60 bits per heavy atom. The molecule has 1 fully saturated rings. The lowest BCUT2D eigenvalue weighted by Crippen LogP contribution is -2.34. The van der Waals surface area contributed by atoms with Gasteiger partial charge in [-0.2, -0.15) is 5.10 Å². The van der Waals surface area contributed by atoms with Crippen LogP contribution in [-0.2, 0) is 21.7 Å². The Morgan fingerprint density at radius 2 is 1.94 bits per heavy atom. The molecule has 1 amide bonds. The van der Waals surface area contributed by atoms with Gasteiger partial charge in [-0.05, 0) is 38.8 Å². The van der Waals surface area contributed by atoms with Crippen molar-refractivity contribution in [2.45, 2.75) is 64.6 Å². The molecule has 1 saturated carbocycles. The van der Waals surface area contributed by atoms with Crippen LogP contribution < -0.4 is 10.5 Å². The summed E-state index contributed by atoms with van der Waals surface area (Å²) in [6.07, 6.45) is 5.27. The van der Waals surface area contributed by atoms with Gasteiger partial charge < -0.3 is 19.7 Å². The van der Waals surface area contributed by atoms with E-state index in [-0.39, 0.29) is 13.0 Å². The molecule has 188 valence electrons. The highest BCUT2D eigenvalue weighted by Crippen LogP contribution is 2.41. The first-order valence-electron chi connectivity index (χ1n) is 11.3. The number of amides is 1. The highest BCUT2D eigenvalue weighted by molar-refractivity contribution is 5.62. The molecule has 0 spiro atoms. The number of alkyl halides is 2. The van der Waals surface area contributed by atoms with Gasteiger partial charge in [0.15, 0.2) is 0 Å². The number of pyridine rings is 1. The first kappa shape index (κ1) is 26.1. The summed E-state index contributed by atoms with van der Waals surface area (Å²) in [7, 11) is 0. The Balaban J connectivity index is 0.00000108. The van der Waals surface area contributed by atoms with Gasteiger partial charge in [0, 0.05) is 29.1 Å². The van der Waals surface area contributed by atoms with Crippen LogP contribution in [0.3, 0.4) is 0 Å². The number of hydrogen-bond donors (Lipinski definition) is 1. The van der Waals surface area contributed by atoms with Gasteiger partial charge in [-0.25, -0.2) is 8.78 Å². The Morgan fingerprint density at radius 1 is 1.20 bits per heavy atom. The number of halogens is 2. The molecule has 35 heavy (non-hydrogen) atoms. The van der Waals surface area contributed by atoms with Gasteiger partial charge in [0.1, 0.15) is 24.7 Å². The second-order valence-corrected chi connectivity index (χ2v) is 8.22. The lowest BCUT2D eigenvalue weighted by molar-refractivity contribution is -0.112. The van der Waals surface area contributed by atoms with E-state index in [9.17, 15) is 8.78 Å². The molecule has 11 heteroatoms. The second-order valence-electron chi connectivity index (χ2n) is 8.22. The van der Waals surface area contributed by atoms with E-state index in [1.54, 1.807) is 18.5 Å². The number of nitrogens with two attached hydrogens (primary N) is 1. The van der Waals surface area contributed by atoms with Crippen LogP contribution in [0.2, 0.25) is 0 Å². The van der Waals surface area contributed by atoms with Crippen molar-refractivity contribution in [3.05, 3.63) is 53.2 Å². The Labute approximate surface area is 202 Å². The molecule has 0 saturated heterocycles. The smallest absolute Gasteiger partial charge is 0.261 e. The van der Waals surface area contributed by atoms with Crippen LogP contribution in [0.4, 0.5) is 8.78 Å². The lowest BCUT2D eigenvalue weighted by atomic mass is 9.80. The zero-order valence-corrected chi connectivity index (χ0v) is 19.7. The van der Waals surface area contributed by atoms with Crippen LogP contribution in [-0.4, -0.2) is 39.8 Å². The van der Waals surface area contributed by atoms with Gasteiger partial charge in [0.2, 0.25) is 12.3 Å². The van der Waals surface area contributed by atoms with Crippen molar-refractivity contribution in [2.75, 3.05) is 6.61 Å². The molecule has 0 aromatic carbocycles. The van der Waals surface area contributed by atoms with Crippen LogP contribution in [0.15, 0.2) is 35.1 Å². The molecule has 0 radical (unpaired) electrons. The third kappa shape index (κ3) is 6.78. The minimum absolute atomic E-state index is 0.168. The van der Waals surface area contributed by atoms with Crippen LogP contribution in [0, 0.1) is 13.8 Å². The van der Waals surface area contributed by atoms with Crippen molar-refractivity contribution in [3.8, 4) is 17.1 Å². The van der Waals surface area contributed by atoms with E-state index in [1.165, 1.54) is 0 Å². The van der Waals surface area contributed by atoms with Gasteiger partial charge in [0.05, 0.1) is 17.4 Å². The first-order chi connectivity index (χ1) is 16.9. The summed E-state index contributed by atoms with van der Waals surface area (Å²) in [5, 5.41) is 12.3. The molecule has 4 rings (SSSR count). The standard InChI is InChI=1S/C23H26F2N4O3.CH3NO/c1-15-6-7-17(11-26-15)22-19(16(2)32-29-22)13-30-21-10-18(12-27-28-21)23(31-14-20(24)25)8-4-3-5-9-23;2-1-3/h6-7,10-12,20H,3-5,8-9,13-14H2,1-2H3;1H,(H2,2,3). The highest BCUT2D eigenvalue weighted by atomic mass is 19.3. The van der Waals surface area contributed by atoms with Gasteiger partial charge in [-0.3, -0.25) is 9.78 Å². The average molecular weight is 490 g/mol. The number of aryl methyl sites for hydroxylation is 2. The number of ether oxygens (including phenoxy) is 2. The van der Waals surface area contributed by atoms with Crippen LogP contribution in [0.5, 0.6) is 5.88 Å². The second kappa shape index (κ2) is 12.3. The molecule has 0 atom stereocenters. The van der Waals surface area contributed by atoms with Gasteiger partial charge in [0.25, 0.3) is 6.43 Å². The SMILES string of the molecule is Cc1ccc(-c2noc(C)c2COc2cc(C3(OCC(F)F)CCCCC3)cnn2)cn1.NC=O. The minimum atomic E-state index is -2.52. The fraction of sp³-hybridized carbons (Fsp3) is 0.458. The van der Waals surface area contributed by atoms with Crippen molar-refractivity contribution in [3.63, 3.8) is 0 Å². The Bertz CT molecular complexity index is 1090. The van der Waals surface area contributed by atoms with E-state index in [0.29, 0.717) is 35.7 Å². The summed E-state index contributed by atoms with van der Waals surface area (Å²) in [6, 6.07) is 5.57. The van der Waals surface area contributed by atoms with Crippen LogP contribution in [0.25, 0.3) is 11.3 Å². The topological polar surface area (TPSA) is 126 Å². The van der Waals surface area contributed by atoms with Crippen molar-refractivity contribution in [1.29, 1.82) is 0 Å². The van der Waals surface area contributed by atoms with Crippen molar-refractivity contribution >= 4 is 6.41 Å². The van der Waals surface area contributed by atoms with E-state index >= 15 is 0 Å². The van der Waals surface area contributed by atoms with Gasteiger partial charge in [-0.1, -0.05) is 24.4 Å². The first-order valence-corrected chi connectivity index (χ1v) is 11.3. The maximum atomic E-state index is 12.9. The predicted molar refractivity (Wildman–Crippen MR) is 123 cm³/mol. The number of carbonyl (C=O) groups is 1. The van der Waals surface area contributed by atoms with E-state index in [4.69, 9.17) is 18.8 Å². The summed E-state index contributed by atoms with van der Waals surface area (Å²) in [5.41, 5.74) is 7.27. The minimum Gasteiger partial charge on any atom is -0.471 e. The Hall–Kier alpha value is -3.47. The molecular formula is C24H29F2N5O4. The number of rotatable bonds is 8. The highest BCUT2D eigenvalue weighted by Gasteiger charge is 2.36. The van der Waals surface area contributed by atoms with Crippen LogP contribution in [0.1, 0.15) is 54.7 Å². The average Bonchev–Trinajstić information content (AvgIpc) is 3.23. The summed E-state index contributed by atoms with van der Waals surface area (Å²) in [5.74, 6) is 0.926. The quantitative estimate of drug-likeness (QED) is 0.465. The number of hydrogen-bond acceptors (Lipinski definition) is 8. The molecular weight excluding hydrogens is 460 g/mol. The van der Waals surface area contributed by atoms with E-state index in [0.717, 1.165) is 36.1 Å². The maximum Gasteiger partial charge on any atom is 0.261 e. The number of aromatic nitrogens is 4. The fourth-order valence-corrected chi connectivity index (χ4v) is 4.07. The molecule has 3 aromatic rings. The molecule has 0 unspecified atom stereocenters. The van der Waals surface area contributed by atoms with E-state index in [2.05, 4.69) is 26.1 Å². The number of carbonyl (C=O) groups excluding carboxylic acids is 1. The third-order valence-electron chi connectivity index (χ3n) is 5.84. The zero-order chi connectivity index (χ0) is 25.3. The van der Waals surface area contributed by atoms with Crippen molar-refractivity contribution < 1.29 is 27.6 Å². The summed E-state index contributed by atoms with van der Waals surface area (Å²) >= 11 is 0. The fourth-order valence-electron chi connectivity index (χ4n) is 4.07. The molecule has 0 bridgehead atoms. The zero-order valence-electron chi connectivity index (χ0n) is 19.7. The molecule has 2 N–H and O–H groups in total. The number of nitrogens with zero attached hydrogens (tertiary/aromatic N) is 4. The molecule has 0 aliphatic heterocycles. The third-order valence-corrected chi connectivity index (χ3v) is 5.84. The van der Waals surface area contributed by atoms with Crippen LogP contribution >= 0.6 is 0 Å². The predicted octanol–water partition coefficient (Wildman–Crippen LogP) is 4.27. The monoisotopic (exact) mass is 489 g/mol. The normalized spacial score (nSPS) is 14.8. The molecule has 9 nitrogen and oxygen atoms in total. The van der Waals surface area contributed by atoms with Crippen molar-refractivity contribution in [2.24, 2.45) is 5.73 Å². The summed E-state index contributed by atoms with van der Waals surface area (Å²) in [6.45, 7) is 3.29. The maximum absolute atomic E-state index is 12.9. The van der Waals surface area contributed by atoms with E-state index in [1.807, 2.05) is 26.0 Å². The Kier molecular flexibility index (Phi) is 9.18. The molecule has 3 heterocycles. The molecule has 3 aromatic heterocycles. The molecule has 1 aliphatic rings. The van der Waals surface area contributed by atoms with E-state index < -0.39 is 18.6 Å². The lowest BCUT2D eigenvalue weighted by Gasteiger charge is -2.37.